The van der Waals surface area contributed by atoms with Crippen LogP contribution in [-0.4, -0.2) is 39.4 Å². The van der Waals surface area contributed by atoms with Crippen LogP contribution in [0.3, 0.4) is 0 Å². The Hall–Kier alpha value is -2.28. The maximum Gasteiger partial charge on any atom is 0.407 e. The minimum atomic E-state index is -0.796. The third kappa shape index (κ3) is 4.77. The standard InChI is InChI=1S/C13H18N2O5/c1-18-10-6-4-9(5-7-10)8-11(12(16)15-20-3)14-13(17)19-2/h4-7,11H,8H2,1-3H3,(H,14,17)(H,15,16)/t11-/m0/s1. The lowest BCUT2D eigenvalue weighted by Crippen LogP contribution is -2.47. The van der Waals surface area contributed by atoms with Crippen LogP contribution in [0.1, 0.15) is 5.56 Å². The minimum absolute atomic E-state index is 0.300. The molecule has 0 aliphatic rings. The summed E-state index contributed by atoms with van der Waals surface area (Å²) < 4.78 is 9.55. The van der Waals surface area contributed by atoms with Crippen molar-refractivity contribution < 1.29 is 23.9 Å². The van der Waals surface area contributed by atoms with Crippen molar-refractivity contribution in [3.05, 3.63) is 29.8 Å². The van der Waals surface area contributed by atoms with Gasteiger partial charge in [0.15, 0.2) is 0 Å². The van der Waals surface area contributed by atoms with Crippen molar-refractivity contribution in [3.8, 4) is 5.75 Å². The van der Waals surface area contributed by atoms with E-state index in [1.54, 1.807) is 19.2 Å². The molecule has 1 rings (SSSR count). The molecule has 1 aromatic carbocycles. The van der Waals surface area contributed by atoms with E-state index in [1.807, 2.05) is 12.1 Å². The van der Waals surface area contributed by atoms with Gasteiger partial charge in [0.25, 0.3) is 5.91 Å². The number of hydrogen-bond donors (Lipinski definition) is 2. The van der Waals surface area contributed by atoms with E-state index >= 15 is 0 Å². The molecule has 0 fully saturated rings. The van der Waals surface area contributed by atoms with Gasteiger partial charge in [0.05, 0.1) is 21.3 Å². The topological polar surface area (TPSA) is 85.9 Å². The van der Waals surface area contributed by atoms with E-state index < -0.39 is 18.0 Å². The van der Waals surface area contributed by atoms with Gasteiger partial charge in [0, 0.05) is 6.42 Å². The van der Waals surface area contributed by atoms with E-state index in [4.69, 9.17) is 4.74 Å². The highest BCUT2D eigenvalue weighted by Crippen LogP contribution is 2.12. The van der Waals surface area contributed by atoms with Crippen molar-refractivity contribution in [1.82, 2.24) is 10.8 Å². The minimum Gasteiger partial charge on any atom is -0.497 e. The van der Waals surface area contributed by atoms with Crippen LogP contribution in [0, 0.1) is 0 Å². The molecule has 0 aromatic heterocycles. The molecule has 0 radical (unpaired) electrons. The van der Waals surface area contributed by atoms with Gasteiger partial charge >= 0.3 is 6.09 Å². The Morgan fingerprint density at radius 1 is 1.15 bits per heavy atom. The molecule has 2 amide bonds. The van der Waals surface area contributed by atoms with E-state index in [9.17, 15) is 9.59 Å². The second kappa shape index (κ2) is 8.00. The first kappa shape index (κ1) is 15.8. The predicted octanol–water partition coefficient (Wildman–Crippen LogP) is 0.640. The van der Waals surface area contributed by atoms with E-state index in [1.165, 1.54) is 14.2 Å². The lowest BCUT2D eigenvalue weighted by atomic mass is 10.1. The number of benzene rings is 1. The monoisotopic (exact) mass is 282 g/mol. The number of alkyl carbamates (subject to hydrolysis) is 1. The average Bonchev–Trinajstić information content (AvgIpc) is 2.47. The first-order valence-corrected chi connectivity index (χ1v) is 5.91. The van der Waals surface area contributed by atoms with E-state index in [0.29, 0.717) is 12.2 Å². The highest BCUT2D eigenvalue weighted by molar-refractivity contribution is 5.85. The van der Waals surface area contributed by atoms with Crippen LogP contribution >= 0.6 is 0 Å². The fourth-order valence-electron chi connectivity index (χ4n) is 1.58. The quantitative estimate of drug-likeness (QED) is 0.748. The van der Waals surface area contributed by atoms with Gasteiger partial charge in [0.2, 0.25) is 0 Å². The number of amides is 2. The fraction of sp³-hybridized carbons (Fsp3) is 0.385. The predicted molar refractivity (Wildman–Crippen MR) is 71.2 cm³/mol. The number of hydroxylamine groups is 1. The molecule has 0 aliphatic heterocycles. The Morgan fingerprint density at radius 2 is 1.80 bits per heavy atom. The van der Waals surface area contributed by atoms with Gasteiger partial charge < -0.3 is 14.8 Å². The zero-order chi connectivity index (χ0) is 15.0. The summed E-state index contributed by atoms with van der Waals surface area (Å²) >= 11 is 0. The highest BCUT2D eigenvalue weighted by atomic mass is 16.6. The Bertz CT molecular complexity index is 447. The summed E-state index contributed by atoms with van der Waals surface area (Å²) in [6.07, 6.45) is -0.386. The molecule has 7 nitrogen and oxygen atoms in total. The number of rotatable bonds is 6. The van der Waals surface area contributed by atoms with Crippen molar-refractivity contribution >= 4 is 12.0 Å². The average molecular weight is 282 g/mol. The van der Waals surface area contributed by atoms with Gasteiger partial charge in [-0.25, -0.2) is 10.3 Å². The molecule has 1 atom stereocenters. The van der Waals surface area contributed by atoms with E-state index in [-0.39, 0.29) is 0 Å². The zero-order valence-corrected chi connectivity index (χ0v) is 11.6. The van der Waals surface area contributed by atoms with Crippen LogP contribution in [0.5, 0.6) is 5.75 Å². The lowest BCUT2D eigenvalue weighted by molar-refractivity contribution is -0.133. The van der Waals surface area contributed by atoms with Crippen molar-refractivity contribution in [3.63, 3.8) is 0 Å². The Kier molecular flexibility index (Phi) is 6.31. The Balaban J connectivity index is 2.76. The van der Waals surface area contributed by atoms with Crippen LogP contribution in [0.4, 0.5) is 4.79 Å². The molecule has 1 aromatic rings. The third-order valence-electron chi connectivity index (χ3n) is 2.60. The van der Waals surface area contributed by atoms with Crippen molar-refractivity contribution in [1.29, 1.82) is 0 Å². The number of carbonyl (C=O) groups is 2. The van der Waals surface area contributed by atoms with Gasteiger partial charge in [-0.3, -0.25) is 9.63 Å². The van der Waals surface area contributed by atoms with Crippen LogP contribution in [-0.2, 0) is 20.8 Å². The first-order valence-electron chi connectivity index (χ1n) is 5.91. The van der Waals surface area contributed by atoms with Gasteiger partial charge in [-0.2, -0.15) is 0 Å². The Labute approximate surface area is 117 Å². The second-order valence-corrected chi connectivity index (χ2v) is 3.91. The summed E-state index contributed by atoms with van der Waals surface area (Å²) in [7, 11) is 4.12. The molecule has 0 heterocycles. The Morgan fingerprint density at radius 3 is 2.30 bits per heavy atom. The molecule has 0 bridgehead atoms. The van der Waals surface area contributed by atoms with Crippen LogP contribution < -0.4 is 15.5 Å². The van der Waals surface area contributed by atoms with Gasteiger partial charge in [-0.05, 0) is 17.7 Å². The van der Waals surface area contributed by atoms with E-state index in [0.717, 1.165) is 5.56 Å². The van der Waals surface area contributed by atoms with Crippen molar-refractivity contribution in [2.75, 3.05) is 21.3 Å². The summed E-state index contributed by atoms with van der Waals surface area (Å²) in [5.74, 6) is 0.251. The summed E-state index contributed by atoms with van der Waals surface area (Å²) in [5, 5.41) is 2.44. The summed E-state index contributed by atoms with van der Waals surface area (Å²) in [6.45, 7) is 0. The molecule has 2 N–H and O–H groups in total. The summed E-state index contributed by atoms with van der Waals surface area (Å²) in [6, 6.07) is 6.38. The van der Waals surface area contributed by atoms with Gasteiger partial charge in [0.1, 0.15) is 11.8 Å². The number of ether oxygens (including phenoxy) is 2. The van der Waals surface area contributed by atoms with Crippen LogP contribution in [0.25, 0.3) is 0 Å². The van der Waals surface area contributed by atoms with Crippen LogP contribution in [0.15, 0.2) is 24.3 Å². The maximum absolute atomic E-state index is 11.8. The van der Waals surface area contributed by atoms with E-state index in [2.05, 4.69) is 20.4 Å². The molecule has 0 spiro atoms. The van der Waals surface area contributed by atoms with Gasteiger partial charge in [-0.1, -0.05) is 12.1 Å². The molecule has 0 saturated carbocycles. The number of hydrogen-bond acceptors (Lipinski definition) is 5. The molecule has 0 unspecified atom stereocenters. The maximum atomic E-state index is 11.8. The second-order valence-electron chi connectivity index (χ2n) is 3.91. The van der Waals surface area contributed by atoms with Crippen molar-refractivity contribution in [2.45, 2.75) is 12.5 Å². The first-order chi connectivity index (χ1) is 9.60. The molecule has 7 heteroatoms. The van der Waals surface area contributed by atoms with Gasteiger partial charge in [-0.15, -0.1) is 0 Å². The normalized spacial score (nSPS) is 11.3. The molecule has 110 valence electrons. The smallest absolute Gasteiger partial charge is 0.407 e. The van der Waals surface area contributed by atoms with Crippen molar-refractivity contribution in [2.24, 2.45) is 0 Å². The largest absolute Gasteiger partial charge is 0.497 e. The molecule has 0 aliphatic carbocycles. The molecule has 0 saturated heterocycles. The number of nitrogens with one attached hydrogen (secondary N) is 2. The SMILES string of the molecule is CONC(=O)[C@H](Cc1ccc(OC)cc1)NC(=O)OC. The zero-order valence-electron chi connectivity index (χ0n) is 11.6. The third-order valence-corrected chi connectivity index (χ3v) is 2.60. The molecular formula is C13H18N2O5. The molecular weight excluding hydrogens is 264 g/mol. The number of carbonyl (C=O) groups excluding carboxylic acids is 2. The summed E-state index contributed by atoms with van der Waals surface area (Å²) in [4.78, 5) is 27.6. The molecule has 20 heavy (non-hydrogen) atoms. The van der Waals surface area contributed by atoms with Crippen LogP contribution in [0.2, 0.25) is 0 Å². The highest BCUT2D eigenvalue weighted by Gasteiger charge is 2.21. The lowest BCUT2D eigenvalue weighted by Gasteiger charge is -2.17. The fourth-order valence-corrected chi connectivity index (χ4v) is 1.58. The summed E-state index contributed by atoms with van der Waals surface area (Å²) in [5.41, 5.74) is 3.04. The number of methoxy groups -OCH3 is 2.